The maximum Gasteiger partial charge on any atom is 0.323 e. The van der Waals surface area contributed by atoms with Gasteiger partial charge in [-0.15, -0.1) is 10.2 Å². The second-order valence-electron chi connectivity index (χ2n) is 3.78. The molecule has 0 N–H and O–H groups in total. The molecule has 20 heavy (non-hydrogen) atoms. The SMILES string of the molecule is COC(=O)C(Sc1nnc(C(F)F)n1C)c1ccsc1. The van der Waals surface area contributed by atoms with E-state index in [0.717, 1.165) is 17.3 Å². The molecule has 0 aliphatic rings. The van der Waals surface area contributed by atoms with Crippen LogP contribution in [0.5, 0.6) is 0 Å². The van der Waals surface area contributed by atoms with Gasteiger partial charge in [0, 0.05) is 7.05 Å². The van der Waals surface area contributed by atoms with Crippen LogP contribution in [0.25, 0.3) is 0 Å². The summed E-state index contributed by atoms with van der Waals surface area (Å²) in [5.74, 6) is -0.892. The van der Waals surface area contributed by atoms with Gasteiger partial charge in [0.25, 0.3) is 6.43 Å². The number of ether oxygens (including phenoxy) is 1. The summed E-state index contributed by atoms with van der Waals surface area (Å²) in [6.45, 7) is 0. The van der Waals surface area contributed by atoms with Gasteiger partial charge in [-0.3, -0.25) is 4.79 Å². The van der Waals surface area contributed by atoms with Crippen LogP contribution in [0.15, 0.2) is 22.0 Å². The van der Waals surface area contributed by atoms with Crippen molar-refractivity contribution in [2.75, 3.05) is 7.11 Å². The van der Waals surface area contributed by atoms with E-state index in [1.165, 1.54) is 30.1 Å². The van der Waals surface area contributed by atoms with Crippen LogP contribution in [0.4, 0.5) is 8.78 Å². The molecule has 0 aliphatic heterocycles. The van der Waals surface area contributed by atoms with Crippen LogP contribution in [-0.2, 0) is 16.6 Å². The fourth-order valence-corrected chi connectivity index (χ4v) is 3.31. The normalized spacial score (nSPS) is 12.7. The van der Waals surface area contributed by atoms with Crippen molar-refractivity contribution < 1.29 is 18.3 Å². The predicted octanol–water partition coefficient (Wildman–Crippen LogP) is 2.82. The lowest BCUT2D eigenvalue weighted by Gasteiger charge is -2.12. The Morgan fingerprint density at radius 2 is 2.25 bits per heavy atom. The van der Waals surface area contributed by atoms with Crippen LogP contribution in [-0.4, -0.2) is 27.8 Å². The molecule has 5 nitrogen and oxygen atoms in total. The molecular formula is C11H11F2N3O2S2. The number of esters is 1. The highest BCUT2D eigenvalue weighted by Gasteiger charge is 2.27. The van der Waals surface area contributed by atoms with Gasteiger partial charge < -0.3 is 9.30 Å². The van der Waals surface area contributed by atoms with E-state index >= 15 is 0 Å². The third kappa shape index (κ3) is 2.98. The van der Waals surface area contributed by atoms with Gasteiger partial charge in [0.05, 0.1) is 7.11 Å². The van der Waals surface area contributed by atoms with Crippen molar-refractivity contribution in [3.05, 3.63) is 28.2 Å². The highest BCUT2D eigenvalue weighted by molar-refractivity contribution is 8.00. The Bertz CT molecular complexity index is 587. The second kappa shape index (κ2) is 6.31. The Hall–Kier alpha value is -1.48. The van der Waals surface area contributed by atoms with Crippen molar-refractivity contribution in [1.29, 1.82) is 0 Å². The fraction of sp³-hybridized carbons (Fsp3) is 0.364. The lowest BCUT2D eigenvalue weighted by Crippen LogP contribution is -2.11. The van der Waals surface area contributed by atoms with E-state index in [9.17, 15) is 13.6 Å². The van der Waals surface area contributed by atoms with Crippen molar-refractivity contribution in [3.63, 3.8) is 0 Å². The minimum atomic E-state index is -2.71. The number of hydrogen-bond acceptors (Lipinski definition) is 6. The van der Waals surface area contributed by atoms with Crippen LogP contribution in [0, 0.1) is 0 Å². The van der Waals surface area contributed by atoms with Gasteiger partial charge in [0.2, 0.25) is 5.82 Å². The first kappa shape index (κ1) is 14.9. The molecule has 2 aromatic rings. The Kier molecular flexibility index (Phi) is 4.71. The Morgan fingerprint density at radius 1 is 1.50 bits per heavy atom. The van der Waals surface area contributed by atoms with Gasteiger partial charge in [0.15, 0.2) is 5.16 Å². The number of thiophene rings is 1. The largest absolute Gasteiger partial charge is 0.468 e. The highest BCUT2D eigenvalue weighted by atomic mass is 32.2. The van der Waals surface area contributed by atoms with Crippen LogP contribution in [0.2, 0.25) is 0 Å². The maximum atomic E-state index is 12.7. The van der Waals surface area contributed by atoms with Crippen LogP contribution < -0.4 is 0 Å². The number of carbonyl (C=O) groups is 1. The molecule has 108 valence electrons. The number of aromatic nitrogens is 3. The second-order valence-corrected chi connectivity index (χ2v) is 5.63. The number of hydrogen-bond donors (Lipinski definition) is 0. The van der Waals surface area contributed by atoms with Gasteiger partial charge in [-0.2, -0.15) is 11.3 Å². The lowest BCUT2D eigenvalue weighted by atomic mass is 10.2. The predicted molar refractivity (Wildman–Crippen MR) is 70.9 cm³/mol. The van der Waals surface area contributed by atoms with E-state index in [0.29, 0.717) is 0 Å². The number of rotatable bonds is 5. The summed E-state index contributed by atoms with van der Waals surface area (Å²) in [7, 11) is 2.72. The Morgan fingerprint density at radius 3 is 2.75 bits per heavy atom. The average Bonchev–Trinajstić information content (AvgIpc) is 3.05. The summed E-state index contributed by atoms with van der Waals surface area (Å²) in [6, 6.07) is 1.78. The lowest BCUT2D eigenvalue weighted by molar-refractivity contribution is -0.140. The zero-order chi connectivity index (χ0) is 14.7. The fourth-order valence-electron chi connectivity index (χ4n) is 1.51. The molecule has 0 spiro atoms. The zero-order valence-corrected chi connectivity index (χ0v) is 12.3. The van der Waals surface area contributed by atoms with E-state index in [2.05, 4.69) is 10.2 Å². The number of carbonyl (C=O) groups excluding carboxylic acids is 1. The van der Waals surface area contributed by atoms with Crippen molar-refractivity contribution in [2.45, 2.75) is 16.8 Å². The van der Waals surface area contributed by atoms with Crippen LogP contribution in [0.1, 0.15) is 23.1 Å². The minimum Gasteiger partial charge on any atom is -0.468 e. The number of alkyl halides is 2. The Balaban J connectivity index is 2.27. The Labute approximate surface area is 122 Å². The molecule has 2 aromatic heterocycles. The van der Waals surface area contributed by atoms with Gasteiger partial charge in [-0.25, -0.2) is 8.78 Å². The molecule has 1 unspecified atom stereocenters. The first-order chi connectivity index (χ1) is 9.54. The summed E-state index contributed by atoms with van der Waals surface area (Å²) < 4.78 is 31.2. The smallest absolute Gasteiger partial charge is 0.323 e. The van der Waals surface area contributed by atoms with Gasteiger partial charge in [0.1, 0.15) is 5.25 Å². The third-order valence-electron chi connectivity index (χ3n) is 2.55. The van der Waals surface area contributed by atoms with Crippen LogP contribution in [0.3, 0.4) is 0 Å². The molecule has 9 heteroatoms. The molecule has 2 rings (SSSR count). The number of halogens is 2. The summed E-state index contributed by atoms with van der Waals surface area (Å²) >= 11 is 2.47. The number of nitrogens with zero attached hydrogens (tertiary/aromatic N) is 3. The first-order valence-electron chi connectivity index (χ1n) is 5.48. The quantitative estimate of drug-likeness (QED) is 0.626. The molecular weight excluding hydrogens is 308 g/mol. The molecule has 0 fully saturated rings. The van der Waals surface area contributed by atoms with E-state index in [4.69, 9.17) is 4.74 Å². The van der Waals surface area contributed by atoms with Crippen molar-refractivity contribution in [3.8, 4) is 0 Å². The summed E-state index contributed by atoms with van der Waals surface area (Å²) in [6.07, 6.45) is -2.71. The van der Waals surface area contributed by atoms with Crippen molar-refractivity contribution >= 4 is 29.1 Å². The molecule has 1 atom stereocenters. The molecule has 2 heterocycles. The van der Waals surface area contributed by atoms with Gasteiger partial charge in [-0.05, 0) is 22.4 Å². The van der Waals surface area contributed by atoms with Gasteiger partial charge >= 0.3 is 5.97 Å². The third-order valence-corrected chi connectivity index (χ3v) is 4.52. The van der Waals surface area contributed by atoms with E-state index in [1.807, 2.05) is 5.38 Å². The monoisotopic (exact) mass is 319 g/mol. The van der Waals surface area contributed by atoms with Gasteiger partial charge in [-0.1, -0.05) is 11.8 Å². The first-order valence-corrected chi connectivity index (χ1v) is 7.30. The summed E-state index contributed by atoms with van der Waals surface area (Å²) in [5, 5.41) is 10.3. The van der Waals surface area contributed by atoms with Crippen molar-refractivity contribution in [2.24, 2.45) is 7.05 Å². The molecule has 0 radical (unpaired) electrons. The topological polar surface area (TPSA) is 57.0 Å². The van der Waals surface area contributed by atoms with Crippen molar-refractivity contribution in [1.82, 2.24) is 14.8 Å². The summed E-state index contributed by atoms with van der Waals surface area (Å²) in [5.41, 5.74) is 0.744. The molecule has 0 saturated carbocycles. The molecule has 0 aliphatic carbocycles. The average molecular weight is 319 g/mol. The number of thioether (sulfide) groups is 1. The van der Waals surface area contributed by atoms with Crippen LogP contribution >= 0.6 is 23.1 Å². The van der Waals surface area contributed by atoms with E-state index in [-0.39, 0.29) is 5.16 Å². The zero-order valence-electron chi connectivity index (χ0n) is 10.6. The van der Waals surface area contributed by atoms with E-state index in [1.54, 1.807) is 11.4 Å². The molecule has 0 saturated heterocycles. The highest BCUT2D eigenvalue weighted by Crippen LogP contribution is 2.36. The maximum absolute atomic E-state index is 12.7. The molecule has 0 amide bonds. The van der Waals surface area contributed by atoms with E-state index < -0.39 is 23.5 Å². The molecule has 0 aromatic carbocycles. The molecule has 0 bridgehead atoms. The minimum absolute atomic E-state index is 0.238. The number of methoxy groups -OCH3 is 1. The standard InChI is InChI=1S/C11H11F2N3O2S2/c1-16-9(8(12)13)14-15-11(16)20-7(10(17)18-2)6-3-4-19-5-6/h3-5,7-8H,1-2H3. The summed E-state index contributed by atoms with van der Waals surface area (Å²) in [4.78, 5) is 11.8.